The van der Waals surface area contributed by atoms with E-state index in [0.29, 0.717) is 10.0 Å². The van der Waals surface area contributed by atoms with Gasteiger partial charge in [0.1, 0.15) is 5.56 Å². The molecule has 6 heteroatoms. The van der Waals surface area contributed by atoms with Crippen LogP contribution in [-0.4, -0.2) is 16.5 Å². The fourth-order valence-electron chi connectivity index (χ4n) is 3.66. The molecule has 142 valence electrons. The van der Waals surface area contributed by atoms with Crippen molar-refractivity contribution < 1.29 is 4.79 Å². The van der Waals surface area contributed by atoms with Gasteiger partial charge in [-0.15, -0.1) is 0 Å². The number of carbonyl (C=O) groups excluding carboxylic acids is 1. The predicted molar refractivity (Wildman–Crippen MR) is 113 cm³/mol. The number of halogens is 2. The second-order valence-electron chi connectivity index (χ2n) is 6.95. The van der Waals surface area contributed by atoms with E-state index in [1.807, 2.05) is 31.2 Å². The van der Waals surface area contributed by atoms with Gasteiger partial charge < -0.3 is 9.47 Å². The summed E-state index contributed by atoms with van der Waals surface area (Å²) < 4.78 is 1.50. The first-order valence-corrected chi connectivity index (χ1v) is 9.76. The van der Waals surface area contributed by atoms with Gasteiger partial charge >= 0.3 is 0 Å². The molecule has 0 radical (unpaired) electrons. The first-order valence-electron chi connectivity index (χ1n) is 9.00. The van der Waals surface area contributed by atoms with Crippen molar-refractivity contribution in [1.82, 2.24) is 4.57 Å². The number of hydrogen-bond acceptors (Lipinski definition) is 2. The van der Waals surface area contributed by atoms with E-state index in [1.54, 1.807) is 41.4 Å². The largest absolute Gasteiger partial charge is 0.310 e. The summed E-state index contributed by atoms with van der Waals surface area (Å²) in [6.07, 6.45) is 2.44. The van der Waals surface area contributed by atoms with Gasteiger partial charge in [-0.25, -0.2) is 0 Å². The van der Waals surface area contributed by atoms with Crippen LogP contribution in [0.15, 0.2) is 65.6 Å². The standard InChI is InChI=1S/C22H18Cl2N2O2/c1-14-11-15-5-2-3-7-20(15)26(14)22(28)18-6-4-10-25(21(18)27)13-16-8-9-17(23)12-19(16)24/h2-10,12,14H,11,13H2,1H3/t14-/m1/s1. The van der Waals surface area contributed by atoms with Gasteiger partial charge in [0, 0.05) is 28.0 Å². The molecule has 3 aromatic rings. The molecule has 0 saturated heterocycles. The molecule has 1 amide bonds. The fraction of sp³-hybridized carbons (Fsp3) is 0.182. The maximum Gasteiger partial charge on any atom is 0.264 e. The molecule has 28 heavy (non-hydrogen) atoms. The molecule has 4 rings (SSSR count). The number of anilines is 1. The molecule has 2 heterocycles. The second-order valence-corrected chi connectivity index (χ2v) is 7.79. The Morgan fingerprint density at radius 3 is 2.68 bits per heavy atom. The molecule has 1 aromatic heterocycles. The zero-order valence-electron chi connectivity index (χ0n) is 15.2. The predicted octanol–water partition coefficient (Wildman–Crippen LogP) is 4.79. The summed E-state index contributed by atoms with van der Waals surface area (Å²) >= 11 is 12.2. The second kappa shape index (κ2) is 7.46. The average molecular weight is 413 g/mol. The van der Waals surface area contributed by atoms with Crippen molar-refractivity contribution in [3.05, 3.63) is 97.9 Å². The molecule has 1 aliphatic rings. The van der Waals surface area contributed by atoms with Gasteiger partial charge in [0.15, 0.2) is 0 Å². The van der Waals surface area contributed by atoms with Gasteiger partial charge in [-0.2, -0.15) is 0 Å². The Labute approximate surface area is 172 Å². The number of fused-ring (bicyclic) bond motifs is 1. The molecule has 0 fully saturated rings. The van der Waals surface area contributed by atoms with Gasteiger partial charge in [-0.3, -0.25) is 9.59 Å². The maximum atomic E-state index is 13.2. The number of amides is 1. The zero-order valence-corrected chi connectivity index (χ0v) is 16.7. The number of rotatable bonds is 3. The molecule has 0 spiro atoms. The van der Waals surface area contributed by atoms with Crippen molar-refractivity contribution in [2.75, 3.05) is 4.90 Å². The minimum atomic E-state index is -0.338. The van der Waals surface area contributed by atoms with E-state index in [0.717, 1.165) is 23.2 Å². The number of aromatic nitrogens is 1. The number of benzene rings is 2. The molecule has 0 unspecified atom stereocenters. The van der Waals surface area contributed by atoms with Gasteiger partial charge in [0.05, 0.1) is 6.54 Å². The number of hydrogen-bond donors (Lipinski definition) is 0. The van der Waals surface area contributed by atoms with Crippen LogP contribution in [-0.2, 0) is 13.0 Å². The van der Waals surface area contributed by atoms with E-state index in [2.05, 4.69) is 0 Å². The molecule has 4 nitrogen and oxygen atoms in total. The van der Waals surface area contributed by atoms with Crippen LogP contribution >= 0.6 is 23.2 Å². The zero-order chi connectivity index (χ0) is 19.8. The maximum absolute atomic E-state index is 13.2. The summed E-state index contributed by atoms with van der Waals surface area (Å²) in [6.45, 7) is 2.26. The average Bonchev–Trinajstić information content (AvgIpc) is 3.00. The number of carbonyl (C=O) groups is 1. The molecule has 0 bridgehead atoms. The fourth-order valence-corrected chi connectivity index (χ4v) is 4.13. The molecular formula is C22H18Cl2N2O2. The Morgan fingerprint density at radius 1 is 1.11 bits per heavy atom. The molecule has 0 N–H and O–H groups in total. The Kier molecular flexibility index (Phi) is 5.00. The molecule has 0 aliphatic carbocycles. The normalized spacial score (nSPS) is 15.5. The number of nitrogens with zero attached hydrogens (tertiary/aromatic N) is 2. The van der Waals surface area contributed by atoms with Crippen molar-refractivity contribution >= 4 is 34.8 Å². The summed E-state index contributed by atoms with van der Waals surface area (Å²) in [6, 6.07) is 16.3. The van der Waals surface area contributed by atoms with Crippen LogP contribution in [0.25, 0.3) is 0 Å². The monoisotopic (exact) mass is 412 g/mol. The van der Waals surface area contributed by atoms with Crippen LogP contribution in [0.3, 0.4) is 0 Å². The van der Waals surface area contributed by atoms with Crippen LogP contribution in [0.5, 0.6) is 0 Å². The Bertz CT molecular complexity index is 1120. The smallest absolute Gasteiger partial charge is 0.264 e. The van der Waals surface area contributed by atoms with E-state index >= 15 is 0 Å². The van der Waals surface area contributed by atoms with E-state index in [4.69, 9.17) is 23.2 Å². The molecule has 1 aliphatic heterocycles. The number of pyridine rings is 1. The highest BCUT2D eigenvalue weighted by Gasteiger charge is 2.32. The van der Waals surface area contributed by atoms with Crippen molar-refractivity contribution in [2.24, 2.45) is 0 Å². The minimum Gasteiger partial charge on any atom is -0.310 e. The van der Waals surface area contributed by atoms with Crippen molar-refractivity contribution in [1.29, 1.82) is 0 Å². The van der Waals surface area contributed by atoms with E-state index in [9.17, 15) is 9.59 Å². The molecule has 2 aromatic carbocycles. The van der Waals surface area contributed by atoms with Gasteiger partial charge in [-0.1, -0.05) is 47.5 Å². The lowest BCUT2D eigenvalue weighted by Crippen LogP contribution is -2.39. The quantitative estimate of drug-likeness (QED) is 0.620. The van der Waals surface area contributed by atoms with Crippen molar-refractivity contribution in [3.63, 3.8) is 0 Å². The SMILES string of the molecule is C[C@@H]1Cc2ccccc2N1C(=O)c1cccn(Cc2ccc(Cl)cc2Cl)c1=O. The molecular weight excluding hydrogens is 395 g/mol. The first kappa shape index (κ1) is 18.8. The summed E-state index contributed by atoms with van der Waals surface area (Å²) in [5.41, 5.74) is 2.56. The topological polar surface area (TPSA) is 42.3 Å². The first-order chi connectivity index (χ1) is 13.5. The van der Waals surface area contributed by atoms with E-state index in [1.165, 1.54) is 4.57 Å². The highest BCUT2D eigenvalue weighted by atomic mass is 35.5. The Hall–Kier alpha value is -2.56. The summed E-state index contributed by atoms with van der Waals surface area (Å²) in [4.78, 5) is 28.0. The Balaban J connectivity index is 1.69. The van der Waals surface area contributed by atoms with E-state index < -0.39 is 0 Å². The summed E-state index contributed by atoms with van der Waals surface area (Å²) in [5, 5.41) is 1.02. The Morgan fingerprint density at radius 2 is 1.89 bits per heavy atom. The van der Waals surface area contributed by atoms with E-state index in [-0.39, 0.29) is 29.6 Å². The van der Waals surface area contributed by atoms with Crippen LogP contribution < -0.4 is 10.5 Å². The van der Waals surface area contributed by atoms with Crippen molar-refractivity contribution in [2.45, 2.75) is 25.9 Å². The minimum absolute atomic E-state index is 0.00339. The number of para-hydroxylation sites is 1. The third kappa shape index (κ3) is 3.34. The third-order valence-corrected chi connectivity index (χ3v) is 5.62. The summed E-state index contributed by atoms with van der Waals surface area (Å²) in [5.74, 6) is -0.279. The molecule has 1 atom stereocenters. The van der Waals surface area contributed by atoms with Crippen LogP contribution in [0.4, 0.5) is 5.69 Å². The van der Waals surface area contributed by atoms with Crippen molar-refractivity contribution in [3.8, 4) is 0 Å². The highest BCUT2D eigenvalue weighted by molar-refractivity contribution is 6.35. The lowest BCUT2D eigenvalue weighted by atomic mass is 10.1. The van der Waals surface area contributed by atoms with Crippen LogP contribution in [0.2, 0.25) is 10.0 Å². The van der Waals surface area contributed by atoms with Gasteiger partial charge in [0.2, 0.25) is 0 Å². The lowest BCUT2D eigenvalue weighted by Gasteiger charge is -2.22. The molecule has 0 saturated carbocycles. The van der Waals surface area contributed by atoms with Gasteiger partial charge in [0.25, 0.3) is 11.5 Å². The lowest BCUT2D eigenvalue weighted by molar-refractivity contribution is 0.0979. The summed E-state index contributed by atoms with van der Waals surface area (Å²) in [7, 11) is 0. The highest BCUT2D eigenvalue weighted by Crippen LogP contribution is 2.32. The van der Waals surface area contributed by atoms with Crippen LogP contribution in [0.1, 0.15) is 28.4 Å². The third-order valence-electron chi connectivity index (χ3n) is 5.03. The van der Waals surface area contributed by atoms with Crippen LogP contribution in [0, 0.1) is 0 Å². The van der Waals surface area contributed by atoms with Gasteiger partial charge in [-0.05, 0) is 54.8 Å².